The Morgan fingerprint density at radius 3 is 2.35 bits per heavy atom. The third-order valence-corrected chi connectivity index (χ3v) is 5.25. The van der Waals surface area contributed by atoms with Crippen LogP contribution in [0.5, 0.6) is 0 Å². The minimum Gasteiger partial charge on any atom is -0.391 e. The van der Waals surface area contributed by atoms with Gasteiger partial charge < -0.3 is 5.11 Å². The normalized spacial score (nSPS) is 28.9. The van der Waals surface area contributed by atoms with Crippen molar-refractivity contribution in [2.75, 3.05) is 13.1 Å². The standard InChI is InChI=1S/C17H24ClNO/c18-15-6-4-13(5-7-15)12-14-8-10-19(11-9-14)16-2-1-3-17(16)20/h4-7,14,16-17,20H,1-3,8-12H2/t16-,17+/m0/s1. The van der Waals surface area contributed by atoms with Crippen LogP contribution >= 0.6 is 11.6 Å². The molecule has 110 valence electrons. The molecule has 1 heterocycles. The summed E-state index contributed by atoms with van der Waals surface area (Å²) in [5, 5.41) is 10.8. The first-order valence-electron chi connectivity index (χ1n) is 7.89. The highest BCUT2D eigenvalue weighted by Crippen LogP contribution is 2.29. The van der Waals surface area contributed by atoms with Crippen LogP contribution in [0.1, 0.15) is 37.7 Å². The quantitative estimate of drug-likeness (QED) is 0.922. The molecule has 2 nitrogen and oxygen atoms in total. The average Bonchev–Trinajstić information content (AvgIpc) is 2.89. The predicted octanol–water partition coefficient (Wildman–Crippen LogP) is 3.51. The molecule has 2 atom stereocenters. The van der Waals surface area contributed by atoms with Gasteiger partial charge in [-0.05, 0) is 75.2 Å². The Morgan fingerprint density at radius 2 is 1.75 bits per heavy atom. The number of aliphatic hydroxyl groups is 1. The van der Waals surface area contributed by atoms with Crippen LogP contribution in [0.25, 0.3) is 0 Å². The van der Waals surface area contributed by atoms with Crippen molar-refractivity contribution in [3.8, 4) is 0 Å². The minimum atomic E-state index is -0.0807. The van der Waals surface area contributed by atoms with Crippen LogP contribution < -0.4 is 0 Å². The first kappa shape index (κ1) is 14.4. The molecule has 2 aliphatic rings. The topological polar surface area (TPSA) is 23.5 Å². The number of rotatable bonds is 3. The average molecular weight is 294 g/mol. The van der Waals surface area contributed by atoms with E-state index in [9.17, 15) is 5.11 Å². The summed E-state index contributed by atoms with van der Waals surface area (Å²) in [6.45, 7) is 2.31. The van der Waals surface area contributed by atoms with Crippen LogP contribution in [0.4, 0.5) is 0 Å². The molecule has 0 spiro atoms. The monoisotopic (exact) mass is 293 g/mol. The van der Waals surface area contributed by atoms with E-state index in [2.05, 4.69) is 17.0 Å². The van der Waals surface area contributed by atoms with Gasteiger partial charge in [-0.2, -0.15) is 0 Å². The Balaban J connectivity index is 1.49. The zero-order valence-corrected chi connectivity index (χ0v) is 12.7. The van der Waals surface area contributed by atoms with Gasteiger partial charge in [-0.3, -0.25) is 4.90 Å². The molecule has 20 heavy (non-hydrogen) atoms. The van der Waals surface area contributed by atoms with Gasteiger partial charge in [-0.15, -0.1) is 0 Å². The van der Waals surface area contributed by atoms with E-state index in [1.807, 2.05) is 12.1 Å². The summed E-state index contributed by atoms with van der Waals surface area (Å²) in [4.78, 5) is 2.52. The Hall–Kier alpha value is -0.570. The van der Waals surface area contributed by atoms with Gasteiger partial charge in [0.2, 0.25) is 0 Å². The van der Waals surface area contributed by atoms with Crippen molar-refractivity contribution >= 4 is 11.6 Å². The third kappa shape index (κ3) is 3.36. The summed E-state index contributed by atoms with van der Waals surface area (Å²) < 4.78 is 0. The molecule has 1 aromatic carbocycles. The predicted molar refractivity (Wildman–Crippen MR) is 83.1 cm³/mol. The number of piperidine rings is 1. The van der Waals surface area contributed by atoms with Crippen LogP contribution in [0, 0.1) is 5.92 Å². The smallest absolute Gasteiger partial charge is 0.0695 e. The number of hydrogen-bond donors (Lipinski definition) is 1. The summed E-state index contributed by atoms with van der Waals surface area (Å²) in [6.07, 6.45) is 6.97. The molecule has 0 bridgehead atoms. The number of halogens is 1. The van der Waals surface area contributed by atoms with Crippen LogP contribution in [-0.2, 0) is 6.42 Å². The highest BCUT2D eigenvalue weighted by Gasteiger charge is 2.32. The SMILES string of the molecule is O[C@@H]1CCC[C@@H]1N1CCC(Cc2ccc(Cl)cc2)CC1. The molecule has 0 unspecified atom stereocenters. The summed E-state index contributed by atoms with van der Waals surface area (Å²) >= 11 is 5.93. The summed E-state index contributed by atoms with van der Waals surface area (Å²) in [6, 6.07) is 8.71. The lowest BCUT2D eigenvalue weighted by Gasteiger charge is -2.37. The first-order chi connectivity index (χ1) is 9.72. The lowest BCUT2D eigenvalue weighted by atomic mass is 9.89. The molecule has 2 fully saturated rings. The number of nitrogens with zero attached hydrogens (tertiary/aromatic N) is 1. The summed E-state index contributed by atoms with van der Waals surface area (Å²) in [5.74, 6) is 0.783. The molecule has 3 rings (SSSR count). The van der Waals surface area contributed by atoms with Crippen LogP contribution in [0.15, 0.2) is 24.3 Å². The Labute approximate surface area is 126 Å². The van der Waals surface area contributed by atoms with E-state index in [0.717, 1.165) is 36.9 Å². The number of hydrogen-bond acceptors (Lipinski definition) is 2. The second-order valence-corrected chi connectivity index (χ2v) is 6.81. The van der Waals surface area contributed by atoms with Gasteiger partial charge in [0.05, 0.1) is 6.10 Å². The summed E-state index contributed by atoms with van der Waals surface area (Å²) in [5.41, 5.74) is 1.40. The summed E-state index contributed by atoms with van der Waals surface area (Å²) in [7, 11) is 0. The molecule has 1 aliphatic carbocycles. The first-order valence-corrected chi connectivity index (χ1v) is 8.27. The lowest BCUT2D eigenvalue weighted by Crippen LogP contribution is -2.45. The molecule has 1 saturated heterocycles. The molecular weight excluding hydrogens is 270 g/mol. The Morgan fingerprint density at radius 1 is 1.05 bits per heavy atom. The van der Waals surface area contributed by atoms with E-state index in [-0.39, 0.29) is 6.10 Å². The van der Waals surface area contributed by atoms with Gasteiger partial charge in [0.15, 0.2) is 0 Å². The van der Waals surface area contributed by atoms with Crippen molar-refractivity contribution < 1.29 is 5.11 Å². The fourth-order valence-corrected chi connectivity index (χ4v) is 3.92. The molecule has 1 aliphatic heterocycles. The van der Waals surface area contributed by atoms with Crippen molar-refractivity contribution in [1.29, 1.82) is 0 Å². The second kappa shape index (κ2) is 6.46. The van der Waals surface area contributed by atoms with E-state index in [0.29, 0.717) is 6.04 Å². The molecule has 0 aromatic heterocycles. The maximum atomic E-state index is 10.0. The highest BCUT2D eigenvalue weighted by atomic mass is 35.5. The Bertz CT molecular complexity index is 425. The van der Waals surface area contributed by atoms with Crippen LogP contribution in [0.2, 0.25) is 5.02 Å². The molecule has 1 aromatic rings. The molecule has 0 amide bonds. The zero-order chi connectivity index (χ0) is 13.9. The van der Waals surface area contributed by atoms with Crippen LogP contribution in [0.3, 0.4) is 0 Å². The van der Waals surface area contributed by atoms with Gasteiger partial charge in [-0.1, -0.05) is 23.7 Å². The number of likely N-dealkylation sites (tertiary alicyclic amines) is 1. The van der Waals surface area contributed by atoms with E-state index in [4.69, 9.17) is 11.6 Å². The van der Waals surface area contributed by atoms with Crippen molar-refractivity contribution in [3.63, 3.8) is 0 Å². The highest BCUT2D eigenvalue weighted by molar-refractivity contribution is 6.30. The molecular formula is C17H24ClNO. The maximum Gasteiger partial charge on any atom is 0.0695 e. The third-order valence-electron chi connectivity index (χ3n) is 5.00. The fourth-order valence-electron chi connectivity index (χ4n) is 3.79. The zero-order valence-electron chi connectivity index (χ0n) is 12.0. The molecule has 1 N–H and O–H groups in total. The van der Waals surface area contributed by atoms with E-state index in [1.165, 1.54) is 31.2 Å². The van der Waals surface area contributed by atoms with Crippen molar-refractivity contribution in [2.24, 2.45) is 5.92 Å². The number of aliphatic hydroxyl groups excluding tert-OH is 1. The molecule has 0 radical (unpaired) electrons. The maximum absolute atomic E-state index is 10.0. The van der Waals surface area contributed by atoms with E-state index >= 15 is 0 Å². The van der Waals surface area contributed by atoms with Gasteiger partial charge in [0, 0.05) is 11.1 Å². The van der Waals surface area contributed by atoms with E-state index in [1.54, 1.807) is 0 Å². The molecule has 3 heteroatoms. The van der Waals surface area contributed by atoms with E-state index < -0.39 is 0 Å². The lowest BCUT2D eigenvalue weighted by molar-refractivity contribution is 0.0482. The second-order valence-electron chi connectivity index (χ2n) is 6.38. The van der Waals surface area contributed by atoms with Crippen molar-refractivity contribution in [3.05, 3.63) is 34.9 Å². The fraction of sp³-hybridized carbons (Fsp3) is 0.647. The van der Waals surface area contributed by atoms with Crippen molar-refractivity contribution in [2.45, 2.75) is 50.7 Å². The van der Waals surface area contributed by atoms with Gasteiger partial charge in [0.25, 0.3) is 0 Å². The number of benzene rings is 1. The van der Waals surface area contributed by atoms with Gasteiger partial charge >= 0.3 is 0 Å². The van der Waals surface area contributed by atoms with Crippen molar-refractivity contribution in [1.82, 2.24) is 4.90 Å². The largest absolute Gasteiger partial charge is 0.391 e. The van der Waals surface area contributed by atoms with Gasteiger partial charge in [-0.25, -0.2) is 0 Å². The minimum absolute atomic E-state index is 0.0807. The molecule has 1 saturated carbocycles. The van der Waals surface area contributed by atoms with Crippen LogP contribution in [-0.4, -0.2) is 35.2 Å². The Kier molecular flexibility index (Phi) is 4.65. The van der Waals surface area contributed by atoms with Gasteiger partial charge in [0.1, 0.15) is 0 Å².